The second-order valence-corrected chi connectivity index (χ2v) is 6.64. The lowest BCUT2D eigenvalue weighted by atomic mass is 9.99. The van der Waals surface area contributed by atoms with Gasteiger partial charge in [-0.1, -0.05) is 15.9 Å². The van der Waals surface area contributed by atoms with E-state index in [1.54, 1.807) is 17.4 Å². The van der Waals surface area contributed by atoms with Gasteiger partial charge in [-0.3, -0.25) is 4.90 Å². The van der Waals surface area contributed by atoms with Crippen molar-refractivity contribution in [3.63, 3.8) is 0 Å². The van der Waals surface area contributed by atoms with Crippen LogP contribution in [-0.2, 0) is 0 Å². The molecule has 0 radical (unpaired) electrons. The van der Waals surface area contributed by atoms with Gasteiger partial charge in [-0.15, -0.1) is 0 Å². The first-order valence-corrected chi connectivity index (χ1v) is 8.40. The van der Waals surface area contributed by atoms with Crippen molar-refractivity contribution in [3.05, 3.63) is 56.4 Å². The second-order valence-electron chi connectivity index (χ2n) is 4.95. The maximum Gasteiger partial charge on any atom is 0.124 e. The number of hydrogen-bond acceptors (Lipinski definition) is 3. The number of thiophene rings is 1. The number of halogens is 2. The van der Waals surface area contributed by atoms with Crippen molar-refractivity contribution < 1.29 is 4.39 Å². The van der Waals surface area contributed by atoms with E-state index in [9.17, 15) is 4.39 Å². The minimum atomic E-state index is -0.190. The standard InChI is InChI=1S/C15H16BrFN2S/c16-13-7-12(8-14(17)9-13)15(11-1-6-20-10-11)19-4-2-18-3-5-19/h1,6-10,15,18H,2-5H2/t15-/m0/s1. The molecule has 2 aromatic rings. The van der Waals surface area contributed by atoms with Crippen molar-refractivity contribution in [1.29, 1.82) is 0 Å². The minimum absolute atomic E-state index is 0.135. The molecule has 1 fully saturated rings. The SMILES string of the molecule is Fc1cc(Br)cc([C@H](c2ccsc2)N2CCNCC2)c1. The third-order valence-electron chi connectivity index (χ3n) is 3.58. The number of hydrogen-bond donors (Lipinski definition) is 1. The van der Waals surface area contributed by atoms with Gasteiger partial charge in [0.1, 0.15) is 5.82 Å². The lowest BCUT2D eigenvalue weighted by molar-refractivity contribution is 0.198. The van der Waals surface area contributed by atoms with E-state index in [0.29, 0.717) is 0 Å². The predicted molar refractivity (Wildman–Crippen MR) is 84.7 cm³/mol. The highest BCUT2D eigenvalue weighted by Gasteiger charge is 2.24. The van der Waals surface area contributed by atoms with Crippen LogP contribution in [0, 0.1) is 5.82 Å². The van der Waals surface area contributed by atoms with Gasteiger partial charge < -0.3 is 5.32 Å². The zero-order valence-corrected chi connectivity index (χ0v) is 13.4. The van der Waals surface area contributed by atoms with E-state index in [0.717, 1.165) is 36.2 Å². The molecule has 2 heterocycles. The van der Waals surface area contributed by atoms with Gasteiger partial charge in [0.25, 0.3) is 0 Å². The zero-order valence-electron chi connectivity index (χ0n) is 11.0. The molecule has 0 aliphatic carbocycles. The molecule has 3 rings (SSSR count). The number of rotatable bonds is 3. The highest BCUT2D eigenvalue weighted by atomic mass is 79.9. The minimum Gasteiger partial charge on any atom is -0.314 e. The van der Waals surface area contributed by atoms with Crippen molar-refractivity contribution in [2.24, 2.45) is 0 Å². The Morgan fingerprint density at radius 1 is 1.20 bits per heavy atom. The van der Waals surface area contributed by atoms with Gasteiger partial charge in [-0.25, -0.2) is 4.39 Å². The Balaban J connectivity index is 2.00. The Morgan fingerprint density at radius 3 is 2.65 bits per heavy atom. The molecule has 2 nitrogen and oxygen atoms in total. The van der Waals surface area contributed by atoms with Crippen molar-refractivity contribution in [2.45, 2.75) is 6.04 Å². The van der Waals surface area contributed by atoms with E-state index in [2.05, 4.69) is 43.0 Å². The smallest absolute Gasteiger partial charge is 0.124 e. The normalized spacial score (nSPS) is 18.1. The Bertz CT molecular complexity index is 547. The molecule has 1 atom stereocenters. The van der Waals surface area contributed by atoms with Crippen molar-refractivity contribution in [2.75, 3.05) is 26.2 Å². The number of nitrogens with one attached hydrogen (secondary N) is 1. The van der Waals surface area contributed by atoms with E-state index in [-0.39, 0.29) is 11.9 Å². The molecule has 1 aromatic carbocycles. The Labute approximate surface area is 130 Å². The number of benzene rings is 1. The van der Waals surface area contributed by atoms with Gasteiger partial charge in [0.15, 0.2) is 0 Å². The van der Waals surface area contributed by atoms with Crippen LogP contribution in [0.3, 0.4) is 0 Å². The fraction of sp³-hybridized carbons (Fsp3) is 0.333. The van der Waals surface area contributed by atoms with Crippen molar-refractivity contribution in [3.8, 4) is 0 Å². The topological polar surface area (TPSA) is 15.3 Å². The summed E-state index contributed by atoms with van der Waals surface area (Å²) in [6, 6.07) is 7.44. The van der Waals surface area contributed by atoms with E-state index in [4.69, 9.17) is 0 Å². The van der Waals surface area contributed by atoms with Crippen LogP contribution >= 0.6 is 27.3 Å². The largest absolute Gasteiger partial charge is 0.314 e. The van der Waals surface area contributed by atoms with Crippen LogP contribution in [-0.4, -0.2) is 31.1 Å². The molecule has 0 saturated carbocycles. The van der Waals surface area contributed by atoms with Gasteiger partial charge in [-0.2, -0.15) is 11.3 Å². The van der Waals surface area contributed by atoms with Gasteiger partial charge >= 0.3 is 0 Å². The van der Waals surface area contributed by atoms with Crippen LogP contribution in [0.2, 0.25) is 0 Å². The molecule has 20 heavy (non-hydrogen) atoms. The van der Waals surface area contributed by atoms with E-state index in [1.807, 2.05) is 6.07 Å². The van der Waals surface area contributed by atoms with Gasteiger partial charge in [0.2, 0.25) is 0 Å². The van der Waals surface area contributed by atoms with Gasteiger partial charge in [0, 0.05) is 30.7 Å². The lowest BCUT2D eigenvalue weighted by Crippen LogP contribution is -2.45. The summed E-state index contributed by atoms with van der Waals surface area (Å²) in [4.78, 5) is 2.42. The molecule has 0 amide bonds. The van der Waals surface area contributed by atoms with Crippen molar-refractivity contribution >= 4 is 27.3 Å². The molecule has 0 bridgehead atoms. The molecule has 1 saturated heterocycles. The average Bonchev–Trinajstić information content (AvgIpc) is 2.93. The molecule has 5 heteroatoms. The van der Waals surface area contributed by atoms with E-state index in [1.165, 1.54) is 11.6 Å². The highest BCUT2D eigenvalue weighted by molar-refractivity contribution is 9.10. The summed E-state index contributed by atoms with van der Waals surface area (Å²) < 4.78 is 14.5. The maximum atomic E-state index is 13.7. The fourth-order valence-corrected chi connectivity index (χ4v) is 3.88. The van der Waals surface area contributed by atoms with Crippen LogP contribution in [0.25, 0.3) is 0 Å². The zero-order chi connectivity index (χ0) is 13.9. The Hall–Kier alpha value is -0.750. The van der Waals surface area contributed by atoms with Gasteiger partial charge in [0.05, 0.1) is 6.04 Å². The molecule has 1 aliphatic heterocycles. The Morgan fingerprint density at radius 2 is 2.00 bits per heavy atom. The van der Waals surface area contributed by atoms with Crippen molar-refractivity contribution in [1.82, 2.24) is 10.2 Å². The maximum absolute atomic E-state index is 13.7. The molecule has 106 valence electrons. The molecular formula is C15H16BrFN2S. The second kappa shape index (κ2) is 6.35. The lowest BCUT2D eigenvalue weighted by Gasteiger charge is -2.35. The first kappa shape index (κ1) is 14.2. The summed E-state index contributed by atoms with van der Waals surface area (Å²) in [6.07, 6.45) is 0. The third-order valence-corrected chi connectivity index (χ3v) is 4.74. The molecule has 0 spiro atoms. The van der Waals surface area contributed by atoms with Crippen LogP contribution in [0.4, 0.5) is 4.39 Å². The van der Waals surface area contributed by atoms with Crippen LogP contribution < -0.4 is 5.32 Å². The monoisotopic (exact) mass is 354 g/mol. The summed E-state index contributed by atoms with van der Waals surface area (Å²) in [5, 5.41) is 7.61. The van der Waals surface area contributed by atoms with E-state index < -0.39 is 0 Å². The Kier molecular flexibility index (Phi) is 4.51. The number of nitrogens with zero attached hydrogens (tertiary/aromatic N) is 1. The number of piperazine rings is 1. The van der Waals surface area contributed by atoms with Crippen LogP contribution in [0.15, 0.2) is 39.5 Å². The first-order valence-electron chi connectivity index (χ1n) is 6.67. The highest BCUT2D eigenvalue weighted by Crippen LogP contribution is 2.32. The molecule has 1 N–H and O–H groups in total. The molecular weight excluding hydrogens is 339 g/mol. The third kappa shape index (κ3) is 3.11. The summed E-state index contributed by atoms with van der Waals surface area (Å²) in [5.74, 6) is -0.190. The van der Waals surface area contributed by atoms with Gasteiger partial charge in [-0.05, 0) is 46.2 Å². The first-order chi connectivity index (χ1) is 9.74. The summed E-state index contributed by atoms with van der Waals surface area (Å²) >= 11 is 5.09. The molecule has 1 aromatic heterocycles. The summed E-state index contributed by atoms with van der Waals surface area (Å²) in [5.41, 5.74) is 2.26. The quantitative estimate of drug-likeness (QED) is 0.904. The molecule has 1 aliphatic rings. The van der Waals surface area contributed by atoms with Crippen LogP contribution in [0.5, 0.6) is 0 Å². The summed E-state index contributed by atoms with van der Waals surface area (Å²) in [7, 11) is 0. The van der Waals surface area contributed by atoms with E-state index >= 15 is 0 Å². The predicted octanol–water partition coefficient (Wildman–Crippen LogP) is 3.64. The average molecular weight is 355 g/mol. The van der Waals surface area contributed by atoms with Crippen LogP contribution in [0.1, 0.15) is 17.2 Å². The molecule has 0 unspecified atom stereocenters. The summed E-state index contributed by atoms with van der Waals surface area (Å²) in [6.45, 7) is 3.93. The fourth-order valence-electron chi connectivity index (χ4n) is 2.72.